The molecule has 2 aliphatic rings. The molecule has 0 atom stereocenters. The Morgan fingerprint density at radius 2 is 2.05 bits per heavy atom. The van der Waals surface area contributed by atoms with Gasteiger partial charge in [-0.25, -0.2) is 4.98 Å². The van der Waals surface area contributed by atoms with E-state index >= 15 is 0 Å². The molecule has 0 bridgehead atoms. The Bertz CT molecular complexity index is 706. The normalized spacial score (nSPS) is 18.9. The first-order valence-corrected chi connectivity index (χ1v) is 7.59. The molecule has 2 aromatic rings. The van der Waals surface area contributed by atoms with Crippen LogP contribution in [0.5, 0.6) is 0 Å². The first-order chi connectivity index (χ1) is 10.7. The van der Waals surface area contributed by atoms with Gasteiger partial charge in [0.05, 0.1) is 23.6 Å². The van der Waals surface area contributed by atoms with Crippen LogP contribution in [0.1, 0.15) is 24.6 Å². The number of aryl methyl sites for hydroxylation is 1. The molecule has 0 N–H and O–H groups in total. The average Bonchev–Trinajstić information content (AvgIpc) is 3.08. The highest BCUT2D eigenvalue weighted by atomic mass is 16.2. The second-order valence-corrected chi connectivity index (χ2v) is 5.85. The predicted octanol–water partition coefficient (Wildman–Crippen LogP) is 1.17. The summed E-state index contributed by atoms with van der Waals surface area (Å²) in [6, 6.07) is 0.327. The molecule has 0 saturated carbocycles. The number of carbonyl (C=O) groups excluding carboxylic acids is 1. The Morgan fingerprint density at radius 3 is 2.77 bits per heavy atom. The van der Waals surface area contributed by atoms with E-state index in [0.717, 1.165) is 43.3 Å². The maximum absolute atomic E-state index is 11.8. The number of aromatic nitrogens is 4. The van der Waals surface area contributed by atoms with Crippen molar-refractivity contribution in [2.24, 2.45) is 0 Å². The Hall–Kier alpha value is -2.44. The summed E-state index contributed by atoms with van der Waals surface area (Å²) in [6.45, 7) is 4.52. The lowest BCUT2D eigenvalue weighted by atomic mass is 10.1. The van der Waals surface area contributed by atoms with Crippen LogP contribution in [0.25, 0.3) is 0 Å². The SMILES string of the molecule is Cc1nccnc1N1CC(n2cc(N3CCCC3=O)cn2)C1. The molecule has 0 aromatic carbocycles. The van der Waals surface area contributed by atoms with Crippen molar-refractivity contribution in [3.8, 4) is 0 Å². The predicted molar refractivity (Wildman–Crippen MR) is 81.8 cm³/mol. The molecule has 2 aliphatic heterocycles. The first kappa shape index (κ1) is 13.2. The van der Waals surface area contributed by atoms with Crippen LogP contribution in [0.3, 0.4) is 0 Å². The van der Waals surface area contributed by atoms with Crippen LogP contribution < -0.4 is 9.80 Å². The van der Waals surface area contributed by atoms with Crippen molar-refractivity contribution >= 4 is 17.4 Å². The fraction of sp³-hybridized carbons (Fsp3) is 0.467. The third kappa shape index (κ3) is 2.13. The largest absolute Gasteiger partial charge is 0.351 e. The van der Waals surface area contributed by atoms with Gasteiger partial charge in [-0.2, -0.15) is 5.10 Å². The lowest BCUT2D eigenvalue weighted by Crippen LogP contribution is -2.48. The molecule has 4 heterocycles. The number of hydrogen-bond donors (Lipinski definition) is 0. The molecule has 1 amide bonds. The molecule has 4 rings (SSSR count). The highest BCUT2D eigenvalue weighted by molar-refractivity contribution is 5.95. The summed E-state index contributed by atoms with van der Waals surface area (Å²) < 4.78 is 1.96. The standard InChI is InChI=1S/C15H18N6O/c1-11-15(17-5-4-16-11)19-8-13(9-19)21-10-12(7-18-21)20-6-2-3-14(20)22/h4-5,7,10,13H,2-3,6,8-9H2,1H3. The minimum Gasteiger partial charge on any atom is -0.351 e. The molecule has 2 aromatic heterocycles. The van der Waals surface area contributed by atoms with Gasteiger partial charge in [-0.3, -0.25) is 14.5 Å². The Balaban J connectivity index is 1.44. The van der Waals surface area contributed by atoms with E-state index in [1.165, 1.54) is 0 Å². The van der Waals surface area contributed by atoms with E-state index in [1.54, 1.807) is 18.6 Å². The molecule has 0 radical (unpaired) electrons. The van der Waals surface area contributed by atoms with Crippen molar-refractivity contribution in [1.82, 2.24) is 19.7 Å². The molecule has 7 nitrogen and oxygen atoms in total. The van der Waals surface area contributed by atoms with Gasteiger partial charge in [0.15, 0.2) is 0 Å². The molecule has 0 aliphatic carbocycles. The molecule has 0 spiro atoms. The number of hydrogen-bond acceptors (Lipinski definition) is 5. The van der Waals surface area contributed by atoms with Crippen molar-refractivity contribution in [2.45, 2.75) is 25.8 Å². The summed E-state index contributed by atoms with van der Waals surface area (Å²) in [4.78, 5) is 24.5. The lowest BCUT2D eigenvalue weighted by molar-refractivity contribution is -0.117. The fourth-order valence-electron chi connectivity index (χ4n) is 3.09. The van der Waals surface area contributed by atoms with Gasteiger partial charge >= 0.3 is 0 Å². The Labute approximate surface area is 128 Å². The maximum atomic E-state index is 11.8. The average molecular weight is 298 g/mol. The Morgan fingerprint density at radius 1 is 1.23 bits per heavy atom. The van der Waals surface area contributed by atoms with E-state index in [-0.39, 0.29) is 5.91 Å². The highest BCUT2D eigenvalue weighted by Gasteiger charge is 2.32. The van der Waals surface area contributed by atoms with Crippen LogP contribution >= 0.6 is 0 Å². The number of anilines is 2. The third-order valence-corrected chi connectivity index (χ3v) is 4.36. The van der Waals surface area contributed by atoms with E-state index in [2.05, 4.69) is 20.0 Å². The number of nitrogens with zero attached hydrogens (tertiary/aromatic N) is 6. The van der Waals surface area contributed by atoms with E-state index in [0.29, 0.717) is 12.5 Å². The van der Waals surface area contributed by atoms with Gasteiger partial charge in [0.25, 0.3) is 0 Å². The number of carbonyl (C=O) groups is 1. The van der Waals surface area contributed by atoms with Crippen molar-refractivity contribution < 1.29 is 4.79 Å². The van der Waals surface area contributed by atoms with Crippen molar-refractivity contribution in [1.29, 1.82) is 0 Å². The summed E-state index contributed by atoms with van der Waals surface area (Å²) in [5.74, 6) is 1.14. The molecule has 22 heavy (non-hydrogen) atoms. The summed E-state index contributed by atoms with van der Waals surface area (Å²) in [7, 11) is 0. The van der Waals surface area contributed by atoms with Crippen LogP contribution in [-0.2, 0) is 4.79 Å². The summed E-state index contributed by atoms with van der Waals surface area (Å²) >= 11 is 0. The van der Waals surface area contributed by atoms with Gasteiger partial charge in [-0.05, 0) is 13.3 Å². The molecular weight excluding hydrogens is 280 g/mol. The quantitative estimate of drug-likeness (QED) is 0.851. The molecule has 2 fully saturated rings. The second kappa shape index (κ2) is 5.08. The minimum atomic E-state index is 0.199. The van der Waals surface area contributed by atoms with Crippen LogP contribution in [0, 0.1) is 6.92 Å². The van der Waals surface area contributed by atoms with Crippen molar-refractivity contribution in [3.05, 3.63) is 30.5 Å². The van der Waals surface area contributed by atoms with E-state index in [1.807, 2.05) is 22.7 Å². The third-order valence-electron chi connectivity index (χ3n) is 4.36. The summed E-state index contributed by atoms with van der Waals surface area (Å²) in [6.07, 6.45) is 8.79. The molecule has 2 saturated heterocycles. The molecule has 7 heteroatoms. The molecule has 114 valence electrons. The van der Waals surface area contributed by atoms with Gasteiger partial charge in [0, 0.05) is 44.6 Å². The van der Waals surface area contributed by atoms with Crippen LogP contribution in [-0.4, -0.2) is 45.3 Å². The van der Waals surface area contributed by atoms with Crippen LogP contribution in [0.4, 0.5) is 11.5 Å². The van der Waals surface area contributed by atoms with E-state index < -0.39 is 0 Å². The second-order valence-electron chi connectivity index (χ2n) is 5.85. The van der Waals surface area contributed by atoms with Gasteiger partial charge < -0.3 is 9.80 Å². The number of amides is 1. The van der Waals surface area contributed by atoms with Crippen molar-refractivity contribution in [3.63, 3.8) is 0 Å². The zero-order valence-electron chi connectivity index (χ0n) is 12.5. The molecular formula is C15H18N6O. The fourth-order valence-corrected chi connectivity index (χ4v) is 3.09. The topological polar surface area (TPSA) is 67.2 Å². The van der Waals surface area contributed by atoms with Crippen molar-refractivity contribution in [2.75, 3.05) is 29.4 Å². The smallest absolute Gasteiger partial charge is 0.227 e. The van der Waals surface area contributed by atoms with Crippen LogP contribution in [0.2, 0.25) is 0 Å². The van der Waals surface area contributed by atoms with Gasteiger partial charge in [-0.1, -0.05) is 0 Å². The minimum absolute atomic E-state index is 0.199. The van der Waals surface area contributed by atoms with E-state index in [9.17, 15) is 4.79 Å². The van der Waals surface area contributed by atoms with Crippen LogP contribution in [0.15, 0.2) is 24.8 Å². The monoisotopic (exact) mass is 298 g/mol. The Kier molecular flexibility index (Phi) is 3.06. The summed E-state index contributed by atoms with van der Waals surface area (Å²) in [5, 5.41) is 4.43. The zero-order chi connectivity index (χ0) is 15.1. The molecule has 0 unspecified atom stereocenters. The van der Waals surface area contributed by atoms with Gasteiger partial charge in [0.2, 0.25) is 5.91 Å². The lowest BCUT2D eigenvalue weighted by Gasteiger charge is -2.40. The van der Waals surface area contributed by atoms with E-state index in [4.69, 9.17) is 0 Å². The summed E-state index contributed by atoms with van der Waals surface area (Å²) in [5.41, 5.74) is 1.86. The van der Waals surface area contributed by atoms with Gasteiger partial charge in [0.1, 0.15) is 5.82 Å². The highest BCUT2D eigenvalue weighted by Crippen LogP contribution is 2.29. The zero-order valence-corrected chi connectivity index (χ0v) is 12.5. The maximum Gasteiger partial charge on any atom is 0.227 e. The van der Waals surface area contributed by atoms with Gasteiger partial charge in [-0.15, -0.1) is 0 Å². The first-order valence-electron chi connectivity index (χ1n) is 7.59. The number of rotatable bonds is 3.